The van der Waals surface area contributed by atoms with Crippen LogP contribution < -0.4 is 10.2 Å². The third-order valence-electron chi connectivity index (χ3n) is 6.87. The SMILES string of the molecule is COC1CN(c2cc(-c3ccc(S(=O)(=O)N4CC[C@@H](Nc5ccc(C)cn5)[C@@H](O)C4)cc3)ccn2)C1. The van der Waals surface area contributed by atoms with Gasteiger partial charge in [-0.25, -0.2) is 18.4 Å². The number of hydrogen-bond donors (Lipinski definition) is 2. The second-order valence-electron chi connectivity index (χ2n) is 9.38. The van der Waals surface area contributed by atoms with Gasteiger partial charge in [0.2, 0.25) is 10.0 Å². The number of sulfonamides is 1. The lowest BCUT2D eigenvalue weighted by molar-refractivity contribution is 0.0783. The summed E-state index contributed by atoms with van der Waals surface area (Å²) in [7, 11) is -2.01. The molecule has 2 aliphatic rings. The van der Waals surface area contributed by atoms with Crippen LogP contribution in [0.2, 0.25) is 0 Å². The fourth-order valence-corrected chi connectivity index (χ4v) is 6.02. The van der Waals surface area contributed by atoms with Crippen LogP contribution in [0.5, 0.6) is 0 Å². The lowest BCUT2D eigenvalue weighted by atomic mass is 10.0. The first-order valence-corrected chi connectivity index (χ1v) is 13.5. The van der Waals surface area contributed by atoms with Gasteiger partial charge in [0.1, 0.15) is 11.6 Å². The Labute approximate surface area is 211 Å². The maximum Gasteiger partial charge on any atom is 0.243 e. The van der Waals surface area contributed by atoms with E-state index in [0.717, 1.165) is 35.6 Å². The first-order chi connectivity index (χ1) is 17.3. The summed E-state index contributed by atoms with van der Waals surface area (Å²) < 4.78 is 33.3. The summed E-state index contributed by atoms with van der Waals surface area (Å²) in [4.78, 5) is 11.1. The zero-order valence-corrected chi connectivity index (χ0v) is 21.2. The van der Waals surface area contributed by atoms with E-state index in [4.69, 9.17) is 4.74 Å². The molecule has 190 valence electrons. The minimum absolute atomic E-state index is 0.0274. The summed E-state index contributed by atoms with van der Waals surface area (Å²) in [5.41, 5.74) is 2.93. The normalized spacial score (nSPS) is 21.2. The van der Waals surface area contributed by atoms with Crippen molar-refractivity contribution in [2.24, 2.45) is 0 Å². The number of β-amino-alcohol motifs (C(OH)–C–C–N with tert-alkyl or cyclic N) is 1. The fourth-order valence-electron chi connectivity index (χ4n) is 4.55. The highest BCUT2D eigenvalue weighted by atomic mass is 32.2. The minimum atomic E-state index is -3.73. The van der Waals surface area contributed by atoms with Crippen LogP contribution in [0.15, 0.2) is 65.8 Å². The third kappa shape index (κ3) is 5.08. The van der Waals surface area contributed by atoms with E-state index in [2.05, 4.69) is 20.2 Å². The van der Waals surface area contributed by atoms with E-state index in [-0.39, 0.29) is 23.6 Å². The van der Waals surface area contributed by atoms with Crippen molar-refractivity contribution in [3.63, 3.8) is 0 Å². The number of nitrogens with one attached hydrogen (secondary N) is 1. The summed E-state index contributed by atoms with van der Waals surface area (Å²) >= 11 is 0. The summed E-state index contributed by atoms with van der Waals surface area (Å²) in [5, 5.41) is 13.9. The average Bonchev–Trinajstić information content (AvgIpc) is 2.86. The molecule has 2 aromatic heterocycles. The zero-order chi connectivity index (χ0) is 25.3. The van der Waals surface area contributed by atoms with Crippen molar-refractivity contribution in [2.75, 3.05) is 43.5 Å². The number of hydrogen-bond acceptors (Lipinski definition) is 8. The number of anilines is 2. The Kier molecular flexibility index (Phi) is 6.94. The van der Waals surface area contributed by atoms with Crippen molar-refractivity contribution in [3.05, 3.63) is 66.5 Å². The molecule has 1 aromatic carbocycles. The zero-order valence-electron chi connectivity index (χ0n) is 20.4. The summed E-state index contributed by atoms with van der Waals surface area (Å²) in [6.45, 7) is 3.92. The highest BCUT2D eigenvalue weighted by Crippen LogP contribution is 2.28. The molecule has 0 amide bonds. The molecule has 3 aromatic rings. The lowest BCUT2D eigenvalue weighted by Crippen LogP contribution is -2.52. The molecule has 10 heteroatoms. The van der Waals surface area contributed by atoms with Crippen LogP contribution in [0.3, 0.4) is 0 Å². The van der Waals surface area contributed by atoms with Crippen LogP contribution in [0, 0.1) is 6.92 Å². The lowest BCUT2D eigenvalue weighted by Gasteiger charge is -2.39. The van der Waals surface area contributed by atoms with Crippen molar-refractivity contribution in [2.45, 2.75) is 36.5 Å². The van der Waals surface area contributed by atoms with Gasteiger partial charge in [-0.05, 0) is 60.4 Å². The van der Waals surface area contributed by atoms with Gasteiger partial charge in [0.25, 0.3) is 0 Å². The molecule has 2 N–H and O–H groups in total. The Morgan fingerprint density at radius 2 is 1.81 bits per heavy atom. The van der Waals surface area contributed by atoms with Crippen LogP contribution in [-0.2, 0) is 14.8 Å². The van der Waals surface area contributed by atoms with Gasteiger partial charge in [-0.3, -0.25) is 0 Å². The van der Waals surface area contributed by atoms with E-state index in [9.17, 15) is 13.5 Å². The van der Waals surface area contributed by atoms with Crippen molar-refractivity contribution >= 4 is 21.7 Å². The minimum Gasteiger partial charge on any atom is -0.390 e. The Balaban J connectivity index is 1.24. The Morgan fingerprint density at radius 1 is 1.03 bits per heavy atom. The van der Waals surface area contributed by atoms with E-state index in [1.807, 2.05) is 43.3 Å². The van der Waals surface area contributed by atoms with E-state index in [1.54, 1.807) is 31.6 Å². The van der Waals surface area contributed by atoms with Gasteiger partial charge in [-0.2, -0.15) is 4.31 Å². The smallest absolute Gasteiger partial charge is 0.243 e. The topological polar surface area (TPSA) is 108 Å². The van der Waals surface area contributed by atoms with Gasteiger partial charge in [0.15, 0.2) is 0 Å². The molecular formula is C26H31N5O4S. The first kappa shape index (κ1) is 24.6. The van der Waals surface area contributed by atoms with E-state index >= 15 is 0 Å². The van der Waals surface area contributed by atoms with Gasteiger partial charge in [0, 0.05) is 45.7 Å². The molecule has 9 nitrogen and oxygen atoms in total. The average molecular weight is 510 g/mol. The van der Waals surface area contributed by atoms with Gasteiger partial charge >= 0.3 is 0 Å². The van der Waals surface area contributed by atoms with Crippen LogP contribution in [0.4, 0.5) is 11.6 Å². The number of pyridine rings is 2. The molecule has 2 saturated heterocycles. The van der Waals surface area contributed by atoms with Crippen LogP contribution in [0.1, 0.15) is 12.0 Å². The molecule has 2 atom stereocenters. The largest absolute Gasteiger partial charge is 0.390 e. The predicted molar refractivity (Wildman–Crippen MR) is 138 cm³/mol. The standard InChI is InChI=1S/C26H31N5O4S/c1-18-3-8-25(28-14-18)29-23-10-12-31(17-24(23)32)36(33,34)22-6-4-19(5-7-22)20-9-11-27-26(13-20)30-15-21(16-30)35-2/h3-9,11,13-14,21,23-24,32H,10,12,15-17H2,1-2H3,(H,28,29)/t23-,24+/m1/s1. The highest BCUT2D eigenvalue weighted by Gasteiger charge is 2.35. The van der Waals surface area contributed by atoms with Gasteiger partial charge in [-0.1, -0.05) is 18.2 Å². The number of piperidine rings is 1. The molecule has 0 unspecified atom stereocenters. The number of aryl methyl sites for hydroxylation is 1. The van der Waals surface area contributed by atoms with E-state index in [0.29, 0.717) is 18.8 Å². The molecule has 2 aliphatic heterocycles. The molecule has 2 fully saturated rings. The number of aromatic nitrogens is 2. The molecule has 5 rings (SSSR count). The van der Waals surface area contributed by atoms with Crippen molar-refractivity contribution < 1.29 is 18.3 Å². The van der Waals surface area contributed by atoms with Crippen LogP contribution >= 0.6 is 0 Å². The van der Waals surface area contributed by atoms with Gasteiger partial charge < -0.3 is 20.1 Å². The number of aliphatic hydroxyl groups excluding tert-OH is 1. The molecule has 0 bridgehead atoms. The maximum absolute atomic E-state index is 13.3. The second kappa shape index (κ2) is 10.1. The number of nitrogens with zero attached hydrogens (tertiary/aromatic N) is 4. The number of ether oxygens (including phenoxy) is 1. The van der Waals surface area contributed by atoms with Crippen molar-refractivity contribution in [1.82, 2.24) is 14.3 Å². The monoisotopic (exact) mass is 509 g/mol. The number of aliphatic hydroxyl groups is 1. The highest BCUT2D eigenvalue weighted by molar-refractivity contribution is 7.89. The molecular weight excluding hydrogens is 478 g/mol. The fraction of sp³-hybridized carbons (Fsp3) is 0.385. The first-order valence-electron chi connectivity index (χ1n) is 12.0. The number of benzene rings is 1. The quantitative estimate of drug-likeness (QED) is 0.500. The molecule has 4 heterocycles. The number of methoxy groups -OCH3 is 1. The summed E-state index contributed by atoms with van der Waals surface area (Å²) in [6, 6.07) is 14.3. The molecule has 0 aliphatic carbocycles. The maximum atomic E-state index is 13.3. The Morgan fingerprint density at radius 3 is 2.47 bits per heavy atom. The van der Waals surface area contributed by atoms with Crippen LogP contribution in [0.25, 0.3) is 11.1 Å². The molecule has 0 radical (unpaired) electrons. The Bertz CT molecular complexity index is 1290. The van der Waals surface area contributed by atoms with Gasteiger partial charge in [0.05, 0.1) is 23.1 Å². The molecule has 0 saturated carbocycles. The predicted octanol–water partition coefficient (Wildman–Crippen LogP) is 2.52. The third-order valence-corrected chi connectivity index (χ3v) is 8.74. The van der Waals surface area contributed by atoms with Crippen molar-refractivity contribution in [3.8, 4) is 11.1 Å². The van der Waals surface area contributed by atoms with E-state index in [1.165, 1.54) is 4.31 Å². The summed E-state index contributed by atoms with van der Waals surface area (Å²) in [5.74, 6) is 1.55. The van der Waals surface area contributed by atoms with Gasteiger partial charge in [-0.15, -0.1) is 0 Å². The second-order valence-corrected chi connectivity index (χ2v) is 11.3. The molecule has 36 heavy (non-hydrogen) atoms. The van der Waals surface area contributed by atoms with Crippen molar-refractivity contribution in [1.29, 1.82) is 0 Å². The van der Waals surface area contributed by atoms with E-state index < -0.39 is 16.1 Å². The summed E-state index contributed by atoms with van der Waals surface area (Å²) in [6.07, 6.45) is 3.39. The number of rotatable bonds is 7. The Hall–Kier alpha value is -3.05. The van der Waals surface area contributed by atoms with Crippen LogP contribution in [-0.4, -0.2) is 79.3 Å². The molecule has 0 spiro atoms.